The van der Waals surface area contributed by atoms with Crippen molar-refractivity contribution in [3.8, 4) is 0 Å². The number of benzene rings is 3. The maximum absolute atomic E-state index is 13.6. The largest absolute Gasteiger partial charge is 0.396 e. The number of ketones is 1. The zero-order valence-corrected chi connectivity index (χ0v) is 21.0. The first-order valence-corrected chi connectivity index (χ1v) is 13.3. The van der Waals surface area contributed by atoms with Gasteiger partial charge in [-0.05, 0) is 60.0 Å². The van der Waals surface area contributed by atoms with Gasteiger partial charge >= 0.3 is 0 Å². The van der Waals surface area contributed by atoms with Gasteiger partial charge in [0.05, 0.1) is 10.6 Å². The van der Waals surface area contributed by atoms with E-state index in [1.165, 1.54) is 12.1 Å². The number of anilines is 3. The molecule has 5 nitrogen and oxygen atoms in total. The van der Waals surface area contributed by atoms with E-state index in [0.29, 0.717) is 22.2 Å². The van der Waals surface area contributed by atoms with Crippen LogP contribution in [0.2, 0.25) is 5.02 Å². The standard InChI is InChI=1S/C26H23ClN2O3S2/c1-16(2)17-10-14-20(15-11-17)29-26-25(34(31,32)21-6-4-3-5-7-21)22(28)24(33-26)23(30)18-8-12-19(27)13-9-18/h3-16,29H,28H2,1-2H3. The molecule has 4 aromatic rings. The Kier molecular flexibility index (Phi) is 6.79. The molecule has 0 unspecified atom stereocenters. The van der Waals surface area contributed by atoms with Gasteiger partial charge in [-0.3, -0.25) is 4.79 Å². The van der Waals surface area contributed by atoms with E-state index in [2.05, 4.69) is 19.2 Å². The smallest absolute Gasteiger partial charge is 0.211 e. The summed E-state index contributed by atoms with van der Waals surface area (Å²) in [5.41, 5.74) is 8.51. The molecule has 0 saturated carbocycles. The molecule has 1 aromatic heterocycles. The number of carbonyl (C=O) groups excluding carboxylic acids is 1. The van der Waals surface area contributed by atoms with Crippen molar-refractivity contribution in [2.75, 3.05) is 11.1 Å². The van der Waals surface area contributed by atoms with Crippen LogP contribution in [-0.4, -0.2) is 14.2 Å². The van der Waals surface area contributed by atoms with Crippen LogP contribution in [-0.2, 0) is 9.84 Å². The first-order valence-electron chi connectivity index (χ1n) is 10.6. The Bertz CT molecular complexity index is 1430. The maximum atomic E-state index is 13.6. The van der Waals surface area contributed by atoms with Crippen LogP contribution in [0.4, 0.5) is 16.4 Å². The molecule has 0 atom stereocenters. The molecule has 3 aromatic carbocycles. The van der Waals surface area contributed by atoms with Gasteiger partial charge in [-0.2, -0.15) is 0 Å². The lowest BCUT2D eigenvalue weighted by molar-refractivity contribution is 0.104. The predicted molar refractivity (Wildman–Crippen MR) is 139 cm³/mol. The molecule has 0 radical (unpaired) electrons. The van der Waals surface area contributed by atoms with Crippen molar-refractivity contribution < 1.29 is 13.2 Å². The third kappa shape index (κ3) is 4.73. The van der Waals surface area contributed by atoms with E-state index in [4.69, 9.17) is 17.3 Å². The van der Waals surface area contributed by atoms with Gasteiger partial charge in [0.25, 0.3) is 0 Å². The minimum absolute atomic E-state index is 0.0740. The number of hydrogen-bond acceptors (Lipinski definition) is 6. The molecule has 0 fully saturated rings. The molecule has 1 heterocycles. The topological polar surface area (TPSA) is 89.3 Å². The molecule has 0 aliphatic heterocycles. The molecule has 0 amide bonds. The lowest BCUT2D eigenvalue weighted by Gasteiger charge is -2.11. The van der Waals surface area contributed by atoms with Gasteiger partial charge in [-0.15, -0.1) is 11.3 Å². The zero-order chi connectivity index (χ0) is 24.5. The van der Waals surface area contributed by atoms with E-state index in [9.17, 15) is 13.2 Å². The van der Waals surface area contributed by atoms with Crippen molar-refractivity contribution in [1.29, 1.82) is 0 Å². The van der Waals surface area contributed by atoms with Crippen molar-refractivity contribution in [1.82, 2.24) is 0 Å². The first-order chi connectivity index (χ1) is 16.2. The minimum Gasteiger partial charge on any atom is -0.396 e. The summed E-state index contributed by atoms with van der Waals surface area (Å²) in [5.74, 6) is -0.00376. The number of halogens is 1. The number of nitrogen functional groups attached to an aromatic ring is 1. The number of nitrogens with one attached hydrogen (secondary N) is 1. The Labute approximate surface area is 208 Å². The number of hydrogen-bond donors (Lipinski definition) is 2. The average Bonchev–Trinajstić information content (AvgIpc) is 3.16. The molecule has 0 spiro atoms. The molecule has 34 heavy (non-hydrogen) atoms. The van der Waals surface area contributed by atoms with Gasteiger partial charge in [0.15, 0.2) is 0 Å². The van der Waals surface area contributed by atoms with Crippen LogP contribution in [0.3, 0.4) is 0 Å². The molecule has 0 saturated heterocycles. The number of nitrogens with two attached hydrogens (primary N) is 1. The maximum Gasteiger partial charge on any atom is 0.211 e. The highest BCUT2D eigenvalue weighted by atomic mass is 35.5. The summed E-state index contributed by atoms with van der Waals surface area (Å²) in [6.07, 6.45) is 0. The molecule has 0 aliphatic carbocycles. The number of sulfone groups is 1. The number of carbonyl (C=O) groups is 1. The van der Waals surface area contributed by atoms with Crippen molar-refractivity contribution in [3.63, 3.8) is 0 Å². The summed E-state index contributed by atoms with van der Waals surface area (Å²) in [7, 11) is -3.99. The van der Waals surface area contributed by atoms with Crippen molar-refractivity contribution in [2.45, 2.75) is 29.6 Å². The van der Waals surface area contributed by atoms with Crippen LogP contribution >= 0.6 is 22.9 Å². The average molecular weight is 511 g/mol. The van der Waals surface area contributed by atoms with Crippen LogP contribution < -0.4 is 11.1 Å². The molecule has 8 heteroatoms. The predicted octanol–water partition coefficient (Wildman–Crippen LogP) is 6.91. The Morgan fingerprint density at radius 1 is 0.941 bits per heavy atom. The van der Waals surface area contributed by atoms with Crippen molar-refractivity contribution in [3.05, 3.63) is 99.9 Å². The number of thiophene rings is 1. The Balaban J connectivity index is 1.84. The van der Waals surface area contributed by atoms with E-state index in [1.54, 1.807) is 42.5 Å². The summed E-state index contributed by atoms with van der Waals surface area (Å²) < 4.78 is 27.2. The lowest BCUT2D eigenvalue weighted by Crippen LogP contribution is -2.08. The molecule has 0 bridgehead atoms. The fourth-order valence-corrected chi connectivity index (χ4v) is 6.56. The summed E-state index contributed by atoms with van der Waals surface area (Å²) in [6.45, 7) is 4.20. The Morgan fingerprint density at radius 2 is 1.56 bits per heavy atom. The van der Waals surface area contributed by atoms with Gasteiger partial charge in [0.2, 0.25) is 15.6 Å². The normalized spacial score (nSPS) is 11.5. The summed E-state index contributed by atoms with van der Waals surface area (Å²) in [4.78, 5) is 13.4. The molecular formula is C26H23ClN2O3S2. The second kappa shape index (κ2) is 9.62. The van der Waals surface area contributed by atoms with Crippen LogP contribution in [0.25, 0.3) is 0 Å². The van der Waals surface area contributed by atoms with Crippen LogP contribution in [0.5, 0.6) is 0 Å². The fraction of sp³-hybridized carbons (Fsp3) is 0.115. The van der Waals surface area contributed by atoms with Gasteiger partial charge < -0.3 is 11.1 Å². The van der Waals surface area contributed by atoms with E-state index in [1.807, 2.05) is 24.3 Å². The molecule has 174 valence electrons. The summed E-state index contributed by atoms with van der Waals surface area (Å²) >= 11 is 6.97. The van der Waals surface area contributed by atoms with Gasteiger partial charge in [0, 0.05) is 16.3 Å². The molecule has 0 aliphatic rings. The summed E-state index contributed by atoms with van der Waals surface area (Å²) in [6, 6.07) is 22.2. The monoisotopic (exact) mass is 510 g/mol. The fourth-order valence-electron chi connectivity index (χ4n) is 3.48. The Morgan fingerprint density at radius 3 is 2.15 bits per heavy atom. The van der Waals surface area contributed by atoms with Crippen molar-refractivity contribution in [2.24, 2.45) is 0 Å². The van der Waals surface area contributed by atoms with Gasteiger partial charge in [-0.1, -0.05) is 55.8 Å². The Hall–Kier alpha value is -3.13. The van der Waals surface area contributed by atoms with Crippen LogP contribution in [0.1, 0.15) is 40.6 Å². The van der Waals surface area contributed by atoms with Crippen LogP contribution in [0.15, 0.2) is 88.7 Å². The van der Waals surface area contributed by atoms with Crippen LogP contribution in [0, 0.1) is 0 Å². The SMILES string of the molecule is CC(C)c1ccc(Nc2sc(C(=O)c3ccc(Cl)cc3)c(N)c2S(=O)(=O)c2ccccc2)cc1. The second-order valence-electron chi connectivity index (χ2n) is 8.06. The molecule has 3 N–H and O–H groups in total. The molecular weight excluding hydrogens is 488 g/mol. The highest BCUT2D eigenvalue weighted by Gasteiger charge is 2.31. The van der Waals surface area contributed by atoms with Gasteiger partial charge in [0.1, 0.15) is 14.8 Å². The third-order valence-corrected chi connectivity index (χ3v) is 8.72. The van der Waals surface area contributed by atoms with E-state index < -0.39 is 9.84 Å². The number of rotatable bonds is 7. The highest BCUT2D eigenvalue weighted by molar-refractivity contribution is 7.92. The van der Waals surface area contributed by atoms with Gasteiger partial charge in [-0.25, -0.2) is 8.42 Å². The summed E-state index contributed by atoms with van der Waals surface area (Å²) in [5, 5.41) is 3.96. The molecule has 4 rings (SSSR count). The van der Waals surface area contributed by atoms with Crippen molar-refractivity contribution >= 4 is 54.9 Å². The third-order valence-electron chi connectivity index (χ3n) is 5.37. The van der Waals surface area contributed by atoms with E-state index in [0.717, 1.165) is 16.9 Å². The quantitative estimate of drug-likeness (QED) is 0.263. The highest BCUT2D eigenvalue weighted by Crippen LogP contribution is 2.44. The first kappa shape index (κ1) is 24.0. The van der Waals surface area contributed by atoms with E-state index >= 15 is 0 Å². The minimum atomic E-state index is -3.99. The van der Waals surface area contributed by atoms with E-state index in [-0.39, 0.29) is 31.1 Å². The lowest BCUT2D eigenvalue weighted by atomic mass is 10.0. The zero-order valence-electron chi connectivity index (χ0n) is 18.6. The second-order valence-corrected chi connectivity index (χ2v) is 11.4.